The van der Waals surface area contributed by atoms with Gasteiger partial charge in [-0.25, -0.2) is 0 Å². The number of fused-ring (bicyclic) bond motifs is 1. The lowest BCUT2D eigenvalue weighted by Gasteiger charge is -2.30. The molecule has 0 heterocycles. The Morgan fingerprint density at radius 3 is 2.57 bits per heavy atom. The third-order valence-electron chi connectivity index (χ3n) is 3.43. The van der Waals surface area contributed by atoms with Gasteiger partial charge in [-0.2, -0.15) is 0 Å². The van der Waals surface area contributed by atoms with Crippen molar-refractivity contribution in [3.05, 3.63) is 40.5 Å². The molecule has 0 bridgehead atoms. The Labute approximate surface area is 86.7 Å². The van der Waals surface area contributed by atoms with E-state index in [0.29, 0.717) is 5.41 Å². The van der Waals surface area contributed by atoms with Gasteiger partial charge in [0.05, 0.1) is 0 Å². The zero-order chi connectivity index (χ0) is 10.3. The van der Waals surface area contributed by atoms with E-state index in [2.05, 4.69) is 52.0 Å². The highest BCUT2D eigenvalue weighted by Gasteiger charge is 2.25. The van der Waals surface area contributed by atoms with Crippen molar-refractivity contribution in [2.75, 3.05) is 0 Å². The molecule has 0 saturated carbocycles. The highest BCUT2D eigenvalue weighted by Crippen LogP contribution is 2.37. The van der Waals surface area contributed by atoms with Crippen molar-refractivity contribution in [1.29, 1.82) is 0 Å². The summed E-state index contributed by atoms with van der Waals surface area (Å²) in [5.74, 6) is 0. The van der Waals surface area contributed by atoms with E-state index in [-0.39, 0.29) is 0 Å². The fraction of sp³-hybridized carbons (Fsp3) is 0.429. The van der Waals surface area contributed by atoms with Crippen molar-refractivity contribution in [2.24, 2.45) is 0 Å². The lowest BCUT2D eigenvalue weighted by Crippen LogP contribution is -2.20. The molecule has 1 aromatic carbocycles. The van der Waals surface area contributed by atoms with Gasteiger partial charge in [0.1, 0.15) is 0 Å². The Hall–Kier alpha value is -1.04. The van der Waals surface area contributed by atoms with E-state index in [1.165, 1.54) is 22.3 Å². The van der Waals surface area contributed by atoms with Crippen LogP contribution in [0, 0.1) is 13.8 Å². The largest absolute Gasteiger partial charge is 0.0831 e. The summed E-state index contributed by atoms with van der Waals surface area (Å²) < 4.78 is 0. The quantitative estimate of drug-likeness (QED) is 0.574. The maximum atomic E-state index is 2.32. The Kier molecular flexibility index (Phi) is 2.02. The van der Waals surface area contributed by atoms with Crippen LogP contribution in [0.2, 0.25) is 0 Å². The molecule has 0 N–H and O–H groups in total. The van der Waals surface area contributed by atoms with Crippen LogP contribution in [0.5, 0.6) is 0 Å². The Morgan fingerprint density at radius 1 is 1.14 bits per heavy atom. The van der Waals surface area contributed by atoms with Gasteiger partial charge in [-0.05, 0) is 47.9 Å². The number of allylic oxidation sites excluding steroid dienone is 1. The first-order valence-corrected chi connectivity index (χ1v) is 5.29. The van der Waals surface area contributed by atoms with E-state index < -0.39 is 0 Å². The van der Waals surface area contributed by atoms with Crippen molar-refractivity contribution in [2.45, 2.75) is 39.5 Å². The van der Waals surface area contributed by atoms with Crippen LogP contribution < -0.4 is 0 Å². The van der Waals surface area contributed by atoms with Crippen LogP contribution in [0.3, 0.4) is 0 Å². The predicted molar refractivity (Wildman–Crippen MR) is 62.6 cm³/mol. The first kappa shape index (κ1) is 9.51. The van der Waals surface area contributed by atoms with Crippen molar-refractivity contribution in [3.63, 3.8) is 0 Å². The lowest BCUT2D eigenvalue weighted by atomic mass is 9.74. The molecule has 0 heteroatoms. The molecule has 0 atom stereocenters. The summed E-state index contributed by atoms with van der Waals surface area (Å²) >= 11 is 0. The molecular weight excluding hydrogens is 168 g/mol. The normalized spacial score (nSPS) is 18.0. The minimum atomic E-state index is 0.308. The molecule has 0 saturated heterocycles. The smallest absolute Gasteiger partial charge is 0.00630 e. The Bertz CT molecular complexity index is 395. The van der Waals surface area contributed by atoms with Crippen LogP contribution in [0.1, 0.15) is 42.5 Å². The van der Waals surface area contributed by atoms with Crippen molar-refractivity contribution in [1.82, 2.24) is 0 Å². The third-order valence-corrected chi connectivity index (χ3v) is 3.43. The van der Waals surface area contributed by atoms with Crippen LogP contribution in [0.15, 0.2) is 18.2 Å². The van der Waals surface area contributed by atoms with E-state index in [4.69, 9.17) is 0 Å². The van der Waals surface area contributed by atoms with E-state index in [1.807, 2.05) is 0 Å². The van der Waals surface area contributed by atoms with Crippen LogP contribution in [-0.4, -0.2) is 0 Å². The third kappa shape index (κ3) is 1.30. The summed E-state index contributed by atoms with van der Waals surface area (Å²) in [6.45, 7) is 9.05. The second-order valence-electron chi connectivity index (χ2n) is 4.96. The number of hydrogen-bond acceptors (Lipinski definition) is 0. The van der Waals surface area contributed by atoms with Crippen LogP contribution in [-0.2, 0) is 5.41 Å². The van der Waals surface area contributed by atoms with E-state index in [9.17, 15) is 0 Å². The maximum Gasteiger partial charge on any atom is -0.00630 e. The van der Waals surface area contributed by atoms with Gasteiger partial charge in [0.2, 0.25) is 0 Å². The molecule has 1 aliphatic carbocycles. The highest BCUT2D eigenvalue weighted by atomic mass is 14.3. The molecule has 0 aromatic heterocycles. The van der Waals surface area contributed by atoms with Crippen LogP contribution >= 0.6 is 0 Å². The molecule has 1 aromatic rings. The second-order valence-corrected chi connectivity index (χ2v) is 4.96. The number of aryl methyl sites for hydroxylation is 1. The molecule has 0 unspecified atom stereocenters. The van der Waals surface area contributed by atoms with Crippen molar-refractivity contribution in [3.8, 4) is 0 Å². The van der Waals surface area contributed by atoms with Gasteiger partial charge in [-0.3, -0.25) is 0 Å². The number of rotatable bonds is 0. The fourth-order valence-electron chi connectivity index (χ4n) is 2.22. The van der Waals surface area contributed by atoms with Crippen molar-refractivity contribution >= 4 is 6.08 Å². The zero-order valence-corrected chi connectivity index (χ0v) is 9.52. The monoisotopic (exact) mass is 186 g/mol. The van der Waals surface area contributed by atoms with Gasteiger partial charge in [0.15, 0.2) is 0 Å². The summed E-state index contributed by atoms with van der Waals surface area (Å²) in [5.41, 5.74) is 6.09. The van der Waals surface area contributed by atoms with Gasteiger partial charge < -0.3 is 0 Å². The van der Waals surface area contributed by atoms with E-state index in [1.54, 1.807) is 0 Å². The number of hydrogen-bond donors (Lipinski definition) is 0. The van der Waals surface area contributed by atoms with Gasteiger partial charge in [-0.15, -0.1) is 0 Å². The Morgan fingerprint density at radius 2 is 1.86 bits per heavy atom. The maximum absolute atomic E-state index is 2.32. The molecule has 0 spiro atoms. The Balaban J connectivity index is 2.70. The van der Waals surface area contributed by atoms with E-state index >= 15 is 0 Å². The van der Waals surface area contributed by atoms with Crippen LogP contribution in [0.4, 0.5) is 0 Å². The predicted octanol–water partition coefficient (Wildman–Crippen LogP) is 4.00. The lowest BCUT2D eigenvalue weighted by molar-refractivity contribution is 0.528. The molecule has 0 fully saturated rings. The van der Waals surface area contributed by atoms with Crippen LogP contribution in [0.25, 0.3) is 6.08 Å². The summed E-state index contributed by atoms with van der Waals surface area (Å²) in [6, 6.07) is 4.54. The minimum Gasteiger partial charge on any atom is -0.0831 e. The van der Waals surface area contributed by atoms with Gasteiger partial charge >= 0.3 is 0 Å². The van der Waals surface area contributed by atoms with E-state index in [0.717, 1.165) is 6.42 Å². The molecule has 0 nitrogen and oxygen atoms in total. The average Bonchev–Trinajstić information content (AvgIpc) is 2.11. The molecule has 14 heavy (non-hydrogen) atoms. The molecule has 0 aliphatic heterocycles. The average molecular weight is 186 g/mol. The first-order chi connectivity index (χ1) is 6.52. The first-order valence-electron chi connectivity index (χ1n) is 5.29. The summed E-state index contributed by atoms with van der Waals surface area (Å²) in [5, 5.41) is 0. The molecular formula is C14H18. The summed E-state index contributed by atoms with van der Waals surface area (Å²) in [7, 11) is 0. The highest BCUT2D eigenvalue weighted by molar-refractivity contribution is 5.63. The summed E-state index contributed by atoms with van der Waals surface area (Å²) in [6.07, 6.45) is 5.74. The van der Waals surface area contributed by atoms with Crippen molar-refractivity contribution < 1.29 is 0 Å². The van der Waals surface area contributed by atoms with Gasteiger partial charge in [-0.1, -0.05) is 38.1 Å². The SMILES string of the molecule is Cc1ccc2c(c1C)C=CCC2(C)C. The minimum absolute atomic E-state index is 0.308. The molecule has 0 radical (unpaired) electrons. The molecule has 74 valence electrons. The zero-order valence-electron chi connectivity index (χ0n) is 9.52. The topological polar surface area (TPSA) is 0 Å². The fourth-order valence-corrected chi connectivity index (χ4v) is 2.22. The molecule has 2 rings (SSSR count). The molecule has 0 amide bonds. The number of benzene rings is 1. The second kappa shape index (κ2) is 2.98. The van der Waals surface area contributed by atoms with Gasteiger partial charge in [0, 0.05) is 0 Å². The summed E-state index contributed by atoms with van der Waals surface area (Å²) in [4.78, 5) is 0. The molecule has 1 aliphatic rings. The standard InChI is InChI=1S/C14H18/c1-10-7-8-13-12(11(10)2)6-5-9-14(13,3)4/h5-8H,9H2,1-4H3. The van der Waals surface area contributed by atoms with Gasteiger partial charge in [0.25, 0.3) is 0 Å².